The van der Waals surface area contributed by atoms with Gasteiger partial charge in [0.1, 0.15) is 5.75 Å². The molecule has 144 valence electrons. The largest absolute Gasteiger partial charge is 0.496 e. The van der Waals surface area contributed by atoms with Crippen molar-refractivity contribution < 1.29 is 4.74 Å². The summed E-state index contributed by atoms with van der Waals surface area (Å²) < 4.78 is 7.38. The average Bonchev–Trinajstić information content (AvgIpc) is 3.11. The standard InChI is InChI=1S/C19H29N5O.HI/c1-15-6-7-18(25-4)17(12-15)8-10-21-19(20-3)22-13-16(2)14-24-11-5-9-23-24;/h5-7,9,11-12,16H,8,10,13-14H2,1-4H3,(H2,20,21,22);1H. The van der Waals surface area contributed by atoms with E-state index in [9.17, 15) is 0 Å². The molecule has 0 bridgehead atoms. The minimum atomic E-state index is 0. The van der Waals surface area contributed by atoms with E-state index >= 15 is 0 Å². The number of nitrogens with zero attached hydrogens (tertiary/aromatic N) is 3. The Kier molecular flexibility index (Phi) is 10.1. The van der Waals surface area contributed by atoms with Crippen LogP contribution in [0.4, 0.5) is 0 Å². The maximum absolute atomic E-state index is 5.43. The zero-order chi connectivity index (χ0) is 18.1. The second-order valence-corrected chi connectivity index (χ2v) is 6.28. The molecule has 1 aromatic heterocycles. The molecule has 7 heteroatoms. The normalized spacial score (nSPS) is 12.2. The Morgan fingerprint density at radius 3 is 2.81 bits per heavy atom. The van der Waals surface area contributed by atoms with E-state index in [2.05, 4.69) is 46.7 Å². The Balaban J connectivity index is 0.00000338. The molecule has 6 nitrogen and oxygen atoms in total. The highest BCUT2D eigenvalue weighted by atomic mass is 127. The van der Waals surface area contributed by atoms with Crippen LogP contribution in [0.5, 0.6) is 5.75 Å². The molecule has 1 aromatic carbocycles. The number of ether oxygens (including phenoxy) is 1. The molecule has 0 saturated carbocycles. The van der Waals surface area contributed by atoms with Crippen LogP contribution in [-0.2, 0) is 13.0 Å². The van der Waals surface area contributed by atoms with Crippen LogP contribution in [0.2, 0.25) is 0 Å². The van der Waals surface area contributed by atoms with E-state index in [-0.39, 0.29) is 24.0 Å². The predicted molar refractivity (Wildman–Crippen MR) is 118 cm³/mol. The Bertz CT molecular complexity index is 673. The van der Waals surface area contributed by atoms with Gasteiger partial charge in [0.15, 0.2) is 5.96 Å². The molecule has 0 radical (unpaired) electrons. The topological polar surface area (TPSA) is 63.5 Å². The summed E-state index contributed by atoms with van der Waals surface area (Å²) >= 11 is 0. The third-order valence-electron chi connectivity index (χ3n) is 4.02. The van der Waals surface area contributed by atoms with Crippen molar-refractivity contribution in [3.63, 3.8) is 0 Å². The van der Waals surface area contributed by atoms with Gasteiger partial charge in [-0.05, 0) is 37.0 Å². The Labute approximate surface area is 173 Å². The van der Waals surface area contributed by atoms with Crippen LogP contribution in [-0.4, -0.2) is 43.0 Å². The van der Waals surface area contributed by atoms with Crippen LogP contribution in [0, 0.1) is 12.8 Å². The zero-order valence-electron chi connectivity index (χ0n) is 16.0. The fourth-order valence-electron chi connectivity index (χ4n) is 2.70. The fraction of sp³-hybridized carbons (Fsp3) is 0.474. The monoisotopic (exact) mass is 471 g/mol. The van der Waals surface area contributed by atoms with E-state index in [0.717, 1.165) is 37.8 Å². The van der Waals surface area contributed by atoms with Crippen LogP contribution in [0.1, 0.15) is 18.1 Å². The molecule has 0 aliphatic rings. The minimum Gasteiger partial charge on any atom is -0.496 e. The van der Waals surface area contributed by atoms with Gasteiger partial charge >= 0.3 is 0 Å². The fourth-order valence-corrected chi connectivity index (χ4v) is 2.70. The molecule has 0 aliphatic carbocycles. The molecule has 2 rings (SSSR count). The summed E-state index contributed by atoms with van der Waals surface area (Å²) in [6.07, 6.45) is 4.67. The second-order valence-electron chi connectivity index (χ2n) is 6.28. The van der Waals surface area contributed by atoms with Gasteiger partial charge in [-0.25, -0.2) is 0 Å². The molecule has 1 unspecified atom stereocenters. The quantitative estimate of drug-likeness (QED) is 0.353. The lowest BCUT2D eigenvalue weighted by Gasteiger charge is -2.16. The number of hydrogen-bond donors (Lipinski definition) is 2. The van der Waals surface area contributed by atoms with Gasteiger partial charge in [0.2, 0.25) is 0 Å². The summed E-state index contributed by atoms with van der Waals surface area (Å²) in [5.41, 5.74) is 2.45. The zero-order valence-corrected chi connectivity index (χ0v) is 18.4. The van der Waals surface area contributed by atoms with Crippen molar-refractivity contribution in [2.75, 3.05) is 27.2 Å². The first-order valence-electron chi connectivity index (χ1n) is 8.68. The van der Waals surface area contributed by atoms with Crippen LogP contribution < -0.4 is 15.4 Å². The smallest absolute Gasteiger partial charge is 0.190 e. The highest BCUT2D eigenvalue weighted by Crippen LogP contribution is 2.19. The third-order valence-corrected chi connectivity index (χ3v) is 4.02. The van der Waals surface area contributed by atoms with Crippen molar-refractivity contribution in [2.24, 2.45) is 10.9 Å². The summed E-state index contributed by atoms with van der Waals surface area (Å²) in [6.45, 7) is 6.81. The van der Waals surface area contributed by atoms with Gasteiger partial charge < -0.3 is 15.4 Å². The van der Waals surface area contributed by atoms with Crippen LogP contribution in [0.3, 0.4) is 0 Å². The molecule has 0 saturated heterocycles. The number of aliphatic imine (C=N–C) groups is 1. The highest BCUT2D eigenvalue weighted by Gasteiger charge is 2.06. The van der Waals surface area contributed by atoms with E-state index in [1.807, 2.05) is 23.0 Å². The van der Waals surface area contributed by atoms with Gasteiger partial charge in [0, 0.05) is 39.1 Å². The van der Waals surface area contributed by atoms with Crippen LogP contribution in [0.15, 0.2) is 41.7 Å². The van der Waals surface area contributed by atoms with Gasteiger partial charge in [-0.1, -0.05) is 24.6 Å². The van der Waals surface area contributed by atoms with Crippen molar-refractivity contribution in [1.82, 2.24) is 20.4 Å². The number of aromatic nitrogens is 2. The summed E-state index contributed by atoms with van der Waals surface area (Å²) in [5.74, 6) is 2.21. The van der Waals surface area contributed by atoms with Crippen molar-refractivity contribution >= 4 is 29.9 Å². The van der Waals surface area contributed by atoms with E-state index in [1.54, 1.807) is 20.4 Å². The molecule has 0 spiro atoms. The molecule has 0 amide bonds. The van der Waals surface area contributed by atoms with Gasteiger partial charge in [0.05, 0.1) is 7.11 Å². The number of hydrogen-bond acceptors (Lipinski definition) is 3. The van der Waals surface area contributed by atoms with E-state index in [1.165, 1.54) is 11.1 Å². The molecule has 0 aliphatic heterocycles. The molecular weight excluding hydrogens is 441 g/mol. The lowest BCUT2D eigenvalue weighted by Crippen LogP contribution is -2.40. The summed E-state index contributed by atoms with van der Waals surface area (Å²) in [6, 6.07) is 8.20. The molecule has 1 heterocycles. The number of halogens is 1. The van der Waals surface area contributed by atoms with Gasteiger partial charge in [-0.2, -0.15) is 5.10 Å². The van der Waals surface area contributed by atoms with Crippen molar-refractivity contribution in [3.8, 4) is 5.75 Å². The second kappa shape index (κ2) is 11.8. The summed E-state index contributed by atoms with van der Waals surface area (Å²) in [4.78, 5) is 4.29. The number of methoxy groups -OCH3 is 1. The number of guanidine groups is 1. The van der Waals surface area contributed by atoms with E-state index in [0.29, 0.717) is 5.92 Å². The maximum Gasteiger partial charge on any atom is 0.190 e. The van der Waals surface area contributed by atoms with Crippen LogP contribution in [0.25, 0.3) is 0 Å². The van der Waals surface area contributed by atoms with Crippen molar-refractivity contribution in [1.29, 1.82) is 0 Å². The first-order chi connectivity index (χ1) is 12.1. The maximum atomic E-state index is 5.43. The van der Waals surface area contributed by atoms with Crippen molar-refractivity contribution in [3.05, 3.63) is 47.8 Å². The first kappa shape index (κ1) is 22.3. The number of rotatable bonds is 8. The Hall–Kier alpha value is -1.77. The molecule has 26 heavy (non-hydrogen) atoms. The molecular formula is C19H30IN5O. The van der Waals surface area contributed by atoms with E-state index < -0.39 is 0 Å². The molecule has 1 atom stereocenters. The van der Waals surface area contributed by atoms with Crippen molar-refractivity contribution in [2.45, 2.75) is 26.8 Å². The van der Waals surface area contributed by atoms with Gasteiger partial charge in [-0.15, -0.1) is 24.0 Å². The SMILES string of the molecule is CN=C(NCCc1cc(C)ccc1OC)NCC(C)Cn1cccn1.I. The number of benzene rings is 1. The molecule has 2 N–H and O–H groups in total. The predicted octanol–water partition coefficient (Wildman–Crippen LogP) is 2.86. The molecule has 2 aromatic rings. The summed E-state index contributed by atoms with van der Waals surface area (Å²) in [5, 5.41) is 11.0. The van der Waals surface area contributed by atoms with E-state index in [4.69, 9.17) is 4.74 Å². The summed E-state index contributed by atoms with van der Waals surface area (Å²) in [7, 11) is 3.50. The minimum absolute atomic E-state index is 0. The van der Waals surface area contributed by atoms with Gasteiger partial charge in [0.25, 0.3) is 0 Å². The Morgan fingerprint density at radius 1 is 1.35 bits per heavy atom. The Morgan fingerprint density at radius 2 is 2.15 bits per heavy atom. The number of nitrogens with one attached hydrogen (secondary N) is 2. The average molecular weight is 471 g/mol. The van der Waals surface area contributed by atoms with Gasteiger partial charge in [-0.3, -0.25) is 9.67 Å². The first-order valence-corrected chi connectivity index (χ1v) is 8.68. The van der Waals surface area contributed by atoms with Crippen LogP contribution >= 0.6 is 24.0 Å². The lowest BCUT2D eigenvalue weighted by molar-refractivity contribution is 0.409. The third kappa shape index (κ3) is 7.23. The number of aryl methyl sites for hydroxylation is 1. The highest BCUT2D eigenvalue weighted by molar-refractivity contribution is 14.0. The lowest BCUT2D eigenvalue weighted by atomic mass is 10.1. The molecule has 0 fully saturated rings.